The quantitative estimate of drug-likeness (QED) is 0.732. The third kappa shape index (κ3) is 4.77. The van der Waals surface area contributed by atoms with Gasteiger partial charge in [-0.05, 0) is 20.3 Å². The van der Waals surface area contributed by atoms with Gasteiger partial charge in [-0.3, -0.25) is 0 Å². The maximum Gasteiger partial charge on any atom is 0.203 e. The fourth-order valence-corrected chi connectivity index (χ4v) is 2.21. The highest BCUT2D eigenvalue weighted by atomic mass is 16.6. The molecule has 0 aromatic carbocycles. The van der Waals surface area contributed by atoms with Crippen molar-refractivity contribution in [2.24, 2.45) is 0 Å². The van der Waals surface area contributed by atoms with E-state index in [1.807, 2.05) is 20.0 Å². The van der Waals surface area contributed by atoms with Crippen molar-refractivity contribution in [1.82, 2.24) is 9.55 Å². The summed E-state index contributed by atoms with van der Waals surface area (Å²) in [4.78, 5) is 4.51. The molecule has 1 aromatic heterocycles. The molecule has 2 rings (SSSR count). The van der Waals surface area contributed by atoms with Crippen LogP contribution in [0.15, 0.2) is 6.20 Å². The lowest BCUT2D eigenvalue weighted by atomic mass is 10.3. The third-order valence-corrected chi connectivity index (χ3v) is 3.13. The second-order valence-electron chi connectivity index (χ2n) is 4.90. The SMILES string of the molecule is CCOCCCNc1nc(C)cn1CC1COCCO1. The summed E-state index contributed by atoms with van der Waals surface area (Å²) in [6.45, 7) is 9.22. The maximum absolute atomic E-state index is 5.68. The molecule has 0 radical (unpaired) electrons. The average Bonchev–Trinajstić information content (AvgIpc) is 2.80. The topological polar surface area (TPSA) is 57.5 Å². The zero-order valence-electron chi connectivity index (χ0n) is 12.4. The van der Waals surface area contributed by atoms with Gasteiger partial charge in [-0.15, -0.1) is 0 Å². The van der Waals surface area contributed by atoms with Crippen LogP contribution in [0.1, 0.15) is 19.0 Å². The monoisotopic (exact) mass is 283 g/mol. The van der Waals surface area contributed by atoms with Crippen LogP contribution in [0.5, 0.6) is 0 Å². The lowest BCUT2D eigenvalue weighted by Crippen LogP contribution is -2.32. The predicted molar refractivity (Wildman–Crippen MR) is 77.1 cm³/mol. The number of aryl methyl sites for hydroxylation is 1. The number of hydrogen-bond donors (Lipinski definition) is 1. The molecule has 0 spiro atoms. The Hall–Kier alpha value is -1.11. The molecular weight excluding hydrogens is 258 g/mol. The van der Waals surface area contributed by atoms with Gasteiger partial charge in [-0.2, -0.15) is 0 Å². The van der Waals surface area contributed by atoms with Crippen LogP contribution in [0.25, 0.3) is 0 Å². The Labute approximate surface area is 120 Å². The number of imidazole rings is 1. The summed E-state index contributed by atoms with van der Waals surface area (Å²) in [5.41, 5.74) is 1.01. The van der Waals surface area contributed by atoms with Gasteiger partial charge < -0.3 is 24.1 Å². The van der Waals surface area contributed by atoms with Gasteiger partial charge in [-0.25, -0.2) is 4.98 Å². The molecule has 114 valence electrons. The molecule has 0 amide bonds. The van der Waals surface area contributed by atoms with Gasteiger partial charge >= 0.3 is 0 Å². The largest absolute Gasteiger partial charge is 0.382 e. The first-order valence-corrected chi connectivity index (χ1v) is 7.34. The molecule has 1 aliphatic heterocycles. The molecule has 1 atom stereocenters. The van der Waals surface area contributed by atoms with Gasteiger partial charge in [0.1, 0.15) is 0 Å². The van der Waals surface area contributed by atoms with Crippen molar-refractivity contribution < 1.29 is 14.2 Å². The van der Waals surface area contributed by atoms with Crippen LogP contribution in [0.4, 0.5) is 5.95 Å². The van der Waals surface area contributed by atoms with E-state index in [0.29, 0.717) is 19.8 Å². The minimum absolute atomic E-state index is 0.112. The first-order valence-electron chi connectivity index (χ1n) is 7.34. The highest BCUT2D eigenvalue weighted by Gasteiger charge is 2.16. The fraction of sp³-hybridized carbons (Fsp3) is 0.786. The summed E-state index contributed by atoms with van der Waals surface area (Å²) in [7, 11) is 0. The zero-order chi connectivity index (χ0) is 14.2. The van der Waals surface area contributed by atoms with Crippen LogP contribution in [0.3, 0.4) is 0 Å². The highest BCUT2D eigenvalue weighted by Crippen LogP contribution is 2.12. The Bertz CT molecular complexity index is 389. The molecule has 20 heavy (non-hydrogen) atoms. The van der Waals surface area contributed by atoms with E-state index in [1.54, 1.807) is 0 Å². The Balaban J connectivity index is 1.81. The van der Waals surface area contributed by atoms with E-state index < -0.39 is 0 Å². The van der Waals surface area contributed by atoms with E-state index in [4.69, 9.17) is 14.2 Å². The molecule has 0 aliphatic carbocycles. The summed E-state index contributed by atoms with van der Waals surface area (Å²) in [5.74, 6) is 0.896. The summed E-state index contributed by atoms with van der Waals surface area (Å²) >= 11 is 0. The van der Waals surface area contributed by atoms with E-state index in [9.17, 15) is 0 Å². The van der Waals surface area contributed by atoms with Crippen molar-refractivity contribution in [1.29, 1.82) is 0 Å². The molecule has 1 N–H and O–H groups in total. The second kappa shape index (κ2) is 8.24. The first-order chi connectivity index (χ1) is 9.79. The third-order valence-electron chi connectivity index (χ3n) is 3.13. The normalized spacial score (nSPS) is 19.2. The summed E-state index contributed by atoms with van der Waals surface area (Å²) in [6.07, 6.45) is 3.13. The first kappa shape index (κ1) is 15.3. The van der Waals surface area contributed by atoms with Gasteiger partial charge in [0.25, 0.3) is 0 Å². The number of nitrogens with zero attached hydrogens (tertiary/aromatic N) is 2. The van der Waals surface area contributed by atoms with Gasteiger partial charge in [0.05, 0.1) is 38.2 Å². The molecule has 1 aliphatic rings. The van der Waals surface area contributed by atoms with Gasteiger partial charge in [-0.1, -0.05) is 0 Å². The van der Waals surface area contributed by atoms with Gasteiger partial charge in [0, 0.05) is 26.0 Å². The fourth-order valence-electron chi connectivity index (χ4n) is 2.21. The average molecular weight is 283 g/mol. The predicted octanol–water partition coefficient (Wildman–Crippen LogP) is 1.45. The maximum atomic E-state index is 5.68. The summed E-state index contributed by atoms with van der Waals surface area (Å²) in [6, 6.07) is 0. The Morgan fingerprint density at radius 2 is 2.40 bits per heavy atom. The summed E-state index contributed by atoms with van der Waals surface area (Å²) < 4.78 is 18.5. The molecule has 1 saturated heterocycles. The number of hydrogen-bond acceptors (Lipinski definition) is 5. The van der Waals surface area contributed by atoms with E-state index in [2.05, 4.69) is 14.9 Å². The summed E-state index contributed by atoms with van der Waals surface area (Å²) in [5, 5.41) is 3.36. The number of anilines is 1. The van der Waals surface area contributed by atoms with E-state index in [-0.39, 0.29) is 6.10 Å². The van der Waals surface area contributed by atoms with Crippen molar-refractivity contribution in [2.75, 3.05) is 44.9 Å². The van der Waals surface area contributed by atoms with Crippen molar-refractivity contribution in [3.63, 3.8) is 0 Å². The Kier molecular flexibility index (Phi) is 6.29. The van der Waals surface area contributed by atoms with Crippen molar-refractivity contribution >= 4 is 5.95 Å². The lowest BCUT2D eigenvalue weighted by Gasteiger charge is -2.23. The second-order valence-corrected chi connectivity index (χ2v) is 4.90. The smallest absolute Gasteiger partial charge is 0.203 e. The van der Waals surface area contributed by atoms with Crippen molar-refractivity contribution in [3.8, 4) is 0 Å². The standard InChI is InChI=1S/C14H25N3O3/c1-3-18-6-4-5-15-14-16-12(2)9-17(14)10-13-11-19-7-8-20-13/h9,13H,3-8,10-11H2,1-2H3,(H,15,16). The van der Waals surface area contributed by atoms with Crippen molar-refractivity contribution in [2.45, 2.75) is 32.9 Å². The van der Waals surface area contributed by atoms with Crippen LogP contribution in [-0.4, -0.2) is 55.2 Å². The molecule has 0 saturated carbocycles. The number of aromatic nitrogens is 2. The number of ether oxygens (including phenoxy) is 3. The minimum Gasteiger partial charge on any atom is -0.382 e. The van der Waals surface area contributed by atoms with Crippen molar-refractivity contribution in [3.05, 3.63) is 11.9 Å². The van der Waals surface area contributed by atoms with Gasteiger partial charge in [0.15, 0.2) is 0 Å². The minimum atomic E-state index is 0.112. The lowest BCUT2D eigenvalue weighted by molar-refractivity contribution is -0.0934. The van der Waals surface area contributed by atoms with Crippen LogP contribution >= 0.6 is 0 Å². The molecule has 1 unspecified atom stereocenters. The Morgan fingerprint density at radius 1 is 1.50 bits per heavy atom. The molecule has 6 nitrogen and oxygen atoms in total. The molecule has 0 bridgehead atoms. The number of nitrogens with one attached hydrogen (secondary N) is 1. The van der Waals surface area contributed by atoms with E-state index in [0.717, 1.165) is 44.4 Å². The number of rotatable bonds is 8. The molecular formula is C14H25N3O3. The molecule has 2 heterocycles. The highest BCUT2D eigenvalue weighted by molar-refractivity contribution is 5.28. The van der Waals surface area contributed by atoms with Gasteiger partial charge in [0.2, 0.25) is 5.95 Å². The molecule has 1 aromatic rings. The van der Waals surface area contributed by atoms with Crippen LogP contribution in [0.2, 0.25) is 0 Å². The molecule has 1 fully saturated rings. The molecule has 6 heteroatoms. The Morgan fingerprint density at radius 3 is 3.15 bits per heavy atom. The zero-order valence-corrected chi connectivity index (χ0v) is 12.4. The van der Waals surface area contributed by atoms with Crippen LogP contribution in [0, 0.1) is 6.92 Å². The van der Waals surface area contributed by atoms with Crippen LogP contribution < -0.4 is 5.32 Å². The van der Waals surface area contributed by atoms with E-state index >= 15 is 0 Å². The van der Waals surface area contributed by atoms with Crippen LogP contribution in [-0.2, 0) is 20.8 Å². The van der Waals surface area contributed by atoms with E-state index in [1.165, 1.54) is 0 Å².